The summed E-state index contributed by atoms with van der Waals surface area (Å²) in [5, 5.41) is 0. The molecule has 18 heavy (non-hydrogen) atoms. The van der Waals surface area contributed by atoms with Crippen molar-refractivity contribution < 1.29 is 0 Å². The van der Waals surface area contributed by atoms with Crippen LogP contribution in [-0.2, 0) is 6.42 Å². The molecule has 1 unspecified atom stereocenters. The van der Waals surface area contributed by atoms with Gasteiger partial charge in [-0.2, -0.15) is 0 Å². The van der Waals surface area contributed by atoms with Gasteiger partial charge in [0.25, 0.3) is 0 Å². The molecule has 3 N–H and O–H groups in total. The van der Waals surface area contributed by atoms with Crippen molar-refractivity contribution in [3.05, 3.63) is 22.6 Å². The molecule has 0 saturated carbocycles. The summed E-state index contributed by atoms with van der Waals surface area (Å²) in [5.41, 5.74) is 7.57. The zero-order chi connectivity index (χ0) is 13.1. The molecule has 2 rings (SSSR count). The first-order valence-corrected chi connectivity index (χ1v) is 7.08. The van der Waals surface area contributed by atoms with Crippen molar-refractivity contribution in [1.82, 2.24) is 15.0 Å². The van der Waals surface area contributed by atoms with Crippen LogP contribution in [0.4, 0.5) is 0 Å². The Balaban J connectivity index is 2.15. The molecule has 0 spiro atoms. The van der Waals surface area contributed by atoms with Crippen LogP contribution in [0.25, 0.3) is 11.2 Å². The number of H-pyrrole nitrogens is 1. The lowest BCUT2D eigenvalue weighted by Crippen LogP contribution is -2.19. The first kappa shape index (κ1) is 13.5. The van der Waals surface area contributed by atoms with E-state index in [2.05, 4.69) is 44.7 Å². The SMILES string of the molecule is CC(C)CC(CN)Cc1nc2ncc(Br)cc2[nH]1. The molecule has 0 aliphatic heterocycles. The molecule has 0 amide bonds. The molecule has 0 saturated heterocycles. The number of aromatic amines is 1. The number of halogens is 1. The smallest absolute Gasteiger partial charge is 0.177 e. The minimum absolute atomic E-state index is 0.481. The number of pyridine rings is 1. The number of hydrogen-bond donors (Lipinski definition) is 2. The van der Waals surface area contributed by atoms with Gasteiger partial charge in [-0.1, -0.05) is 13.8 Å². The van der Waals surface area contributed by atoms with E-state index in [4.69, 9.17) is 5.73 Å². The fourth-order valence-electron chi connectivity index (χ4n) is 2.22. The van der Waals surface area contributed by atoms with E-state index in [1.165, 1.54) is 0 Å². The van der Waals surface area contributed by atoms with Crippen molar-refractivity contribution in [2.45, 2.75) is 26.7 Å². The molecule has 0 bridgehead atoms. The Morgan fingerprint density at radius 1 is 1.44 bits per heavy atom. The number of nitrogens with zero attached hydrogens (tertiary/aromatic N) is 2. The molecule has 0 radical (unpaired) electrons. The summed E-state index contributed by atoms with van der Waals surface area (Å²) >= 11 is 3.41. The summed E-state index contributed by atoms with van der Waals surface area (Å²) in [6, 6.07) is 2.00. The van der Waals surface area contributed by atoms with Gasteiger partial charge in [0.05, 0.1) is 5.52 Å². The molecule has 1 atom stereocenters. The van der Waals surface area contributed by atoms with Gasteiger partial charge in [0.2, 0.25) is 0 Å². The van der Waals surface area contributed by atoms with Gasteiger partial charge in [0.1, 0.15) is 5.82 Å². The maximum absolute atomic E-state index is 5.82. The Hall–Kier alpha value is -0.940. The van der Waals surface area contributed by atoms with Crippen molar-refractivity contribution in [3.8, 4) is 0 Å². The van der Waals surface area contributed by atoms with E-state index in [0.29, 0.717) is 18.4 Å². The van der Waals surface area contributed by atoms with Crippen LogP contribution >= 0.6 is 15.9 Å². The van der Waals surface area contributed by atoms with Gasteiger partial charge in [-0.3, -0.25) is 0 Å². The Morgan fingerprint density at radius 2 is 2.22 bits per heavy atom. The third kappa shape index (κ3) is 3.29. The third-order valence-corrected chi connectivity index (χ3v) is 3.41. The Bertz CT molecular complexity index is 521. The van der Waals surface area contributed by atoms with Crippen LogP contribution in [0.1, 0.15) is 26.1 Å². The van der Waals surface area contributed by atoms with Crippen LogP contribution in [0.15, 0.2) is 16.7 Å². The van der Waals surface area contributed by atoms with Gasteiger partial charge in [-0.25, -0.2) is 9.97 Å². The van der Waals surface area contributed by atoms with E-state index in [1.807, 2.05) is 6.07 Å². The van der Waals surface area contributed by atoms with Crippen LogP contribution in [0.2, 0.25) is 0 Å². The van der Waals surface area contributed by atoms with Crippen LogP contribution in [-0.4, -0.2) is 21.5 Å². The van der Waals surface area contributed by atoms with E-state index in [0.717, 1.165) is 34.3 Å². The molecule has 2 aromatic heterocycles. The minimum Gasteiger partial charge on any atom is -0.341 e. The van der Waals surface area contributed by atoms with E-state index in [1.54, 1.807) is 6.20 Å². The van der Waals surface area contributed by atoms with E-state index in [9.17, 15) is 0 Å². The summed E-state index contributed by atoms with van der Waals surface area (Å²) < 4.78 is 0.961. The predicted molar refractivity (Wildman–Crippen MR) is 77.3 cm³/mol. The molecule has 0 aliphatic carbocycles. The molecule has 2 aromatic rings. The van der Waals surface area contributed by atoms with Crippen molar-refractivity contribution in [2.24, 2.45) is 17.6 Å². The maximum Gasteiger partial charge on any atom is 0.177 e. The van der Waals surface area contributed by atoms with Gasteiger partial charge >= 0.3 is 0 Å². The first-order chi connectivity index (χ1) is 8.58. The summed E-state index contributed by atoms with van der Waals surface area (Å²) in [6.07, 6.45) is 3.79. The Morgan fingerprint density at radius 3 is 2.89 bits per heavy atom. The number of nitrogens with two attached hydrogens (primary N) is 1. The van der Waals surface area contributed by atoms with E-state index < -0.39 is 0 Å². The number of aromatic nitrogens is 3. The molecular formula is C13H19BrN4. The minimum atomic E-state index is 0.481. The quantitative estimate of drug-likeness (QED) is 0.892. The van der Waals surface area contributed by atoms with Crippen molar-refractivity contribution in [3.63, 3.8) is 0 Å². The summed E-state index contributed by atoms with van der Waals surface area (Å²) in [6.45, 7) is 5.15. The summed E-state index contributed by atoms with van der Waals surface area (Å²) in [4.78, 5) is 12.1. The molecule has 0 fully saturated rings. The number of hydrogen-bond acceptors (Lipinski definition) is 3. The lowest BCUT2D eigenvalue weighted by atomic mass is 9.94. The highest BCUT2D eigenvalue weighted by atomic mass is 79.9. The van der Waals surface area contributed by atoms with Gasteiger partial charge in [0.15, 0.2) is 5.65 Å². The van der Waals surface area contributed by atoms with Gasteiger partial charge < -0.3 is 10.7 Å². The molecule has 2 heterocycles. The number of rotatable bonds is 5. The van der Waals surface area contributed by atoms with Gasteiger partial charge in [-0.05, 0) is 46.8 Å². The predicted octanol–water partition coefficient (Wildman–Crippen LogP) is 2.88. The van der Waals surface area contributed by atoms with Crippen LogP contribution in [0.3, 0.4) is 0 Å². The standard InChI is InChI=1S/C13H19BrN4/c1-8(2)3-9(6-15)4-12-17-11-5-10(14)7-16-13(11)18-12/h5,7-9H,3-4,6,15H2,1-2H3,(H,16,17,18). The fourth-order valence-corrected chi connectivity index (χ4v) is 2.56. The van der Waals surface area contributed by atoms with E-state index >= 15 is 0 Å². The highest BCUT2D eigenvalue weighted by molar-refractivity contribution is 9.10. The second-order valence-corrected chi connectivity index (χ2v) is 6.06. The molecule has 5 heteroatoms. The second-order valence-electron chi connectivity index (χ2n) is 5.14. The molecule has 0 aliphatic rings. The molecule has 4 nitrogen and oxygen atoms in total. The number of imidazole rings is 1. The average Bonchev–Trinajstić information content (AvgIpc) is 2.68. The number of fused-ring (bicyclic) bond motifs is 1. The highest BCUT2D eigenvalue weighted by Crippen LogP contribution is 2.19. The zero-order valence-electron chi connectivity index (χ0n) is 10.8. The van der Waals surface area contributed by atoms with Crippen molar-refractivity contribution in [2.75, 3.05) is 6.54 Å². The topological polar surface area (TPSA) is 67.6 Å². The number of nitrogens with one attached hydrogen (secondary N) is 1. The van der Waals surface area contributed by atoms with Crippen molar-refractivity contribution >= 4 is 27.1 Å². The lowest BCUT2D eigenvalue weighted by molar-refractivity contribution is 0.410. The highest BCUT2D eigenvalue weighted by Gasteiger charge is 2.13. The third-order valence-electron chi connectivity index (χ3n) is 2.97. The summed E-state index contributed by atoms with van der Waals surface area (Å²) in [5.74, 6) is 2.12. The summed E-state index contributed by atoms with van der Waals surface area (Å²) in [7, 11) is 0. The fraction of sp³-hybridized carbons (Fsp3) is 0.538. The van der Waals surface area contributed by atoms with Gasteiger partial charge in [-0.15, -0.1) is 0 Å². The first-order valence-electron chi connectivity index (χ1n) is 6.28. The largest absolute Gasteiger partial charge is 0.341 e. The van der Waals surface area contributed by atoms with Crippen molar-refractivity contribution in [1.29, 1.82) is 0 Å². The van der Waals surface area contributed by atoms with Crippen LogP contribution < -0.4 is 5.73 Å². The molecule has 0 aromatic carbocycles. The average molecular weight is 311 g/mol. The van der Waals surface area contributed by atoms with Crippen LogP contribution in [0.5, 0.6) is 0 Å². The lowest BCUT2D eigenvalue weighted by Gasteiger charge is -2.15. The zero-order valence-corrected chi connectivity index (χ0v) is 12.4. The Labute approximate surface area is 116 Å². The second kappa shape index (κ2) is 5.80. The van der Waals surface area contributed by atoms with Gasteiger partial charge in [0, 0.05) is 17.1 Å². The van der Waals surface area contributed by atoms with Crippen LogP contribution in [0, 0.1) is 11.8 Å². The monoisotopic (exact) mass is 310 g/mol. The maximum atomic E-state index is 5.82. The molecular weight excluding hydrogens is 292 g/mol. The van der Waals surface area contributed by atoms with E-state index in [-0.39, 0.29) is 0 Å². The molecule has 98 valence electrons. The normalized spacial score (nSPS) is 13.4. The Kier molecular flexibility index (Phi) is 4.35.